The minimum absolute atomic E-state index is 0.305. The summed E-state index contributed by atoms with van der Waals surface area (Å²) in [5.74, 6) is 1.13. The van der Waals surface area contributed by atoms with Gasteiger partial charge in [0.05, 0.1) is 11.5 Å². The first-order valence-electron chi connectivity index (χ1n) is 7.89. The Morgan fingerprint density at radius 2 is 1.95 bits per heavy atom. The molecule has 1 aliphatic heterocycles. The van der Waals surface area contributed by atoms with Gasteiger partial charge in [0.25, 0.3) is 0 Å². The molecule has 1 aromatic carbocycles. The van der Waals surface area contributed by atoms with Crippen molar-refractivity contribution in [1.82, 2.24) is 14.5 Å². The molecule has 0 radical (unpaired) electrons. The Balaban J connectivity index is 1.60. The summed E-state index contributed by atoms with van der Waals surface area (Å²) in [6.07, 6.45) is 6.62. The molecule has 1 fully saturated rings. The van der Waals surface area contributed by atoms with Crippen LogP contribution in [0.1, 0.15) is 24.2 Å². The Morgan fingerprint density at radius 1 is 1.23 bits per heavy atom. The minimum atomic E-state index is -0.305. The number of nitrogens with zero attached hydrogens (tertiary/aromatic N) is 4. The van der Waals surface area contributed by atoms with Crippen molar-refractivity contribution < 1.29 is 0 Å². The van der Waals surface area contributed by atoms with Crippen molar-refractivity contribution in [3.05, 3.63) is 54.1 Å². The maximum atomic E-state index is 9.72. The van der Waals surface area contributed by atoms with E-state index in [0.29, 0.717) is 0 Å². The maximum absolute atomic E-state index is 9.72. The molecule has 0 amide bonds. The molecule has 0 aliphatic carbocycles. The first-order valence-corrected chi connectivity index (χ1v) is 7.89. The third-order valence-corrected chi connectivity index (χ3v) is 4.82. The van der Waals surface area contributed by atoms with Crippen LogP contribution in [0, 0.1) is 11.3 Å². The Hall–Kier alpha value is -2.12. The first-order chi connectivity index (χ1) is 10.7. The van der Waals surface area contributed by atoms with E-state index in [4.69, 9.17) is 0 Å². The van der Waals surface area contributed by atoms with Gasteiger partial charge in [-0.3, -0.25) is 0 Å². The van der Waals surface area contributed by atoms with Crippen LogP contribution in [0.5, 0.6) is 0 Å². The standard InChI is InChI=1S/C18H22N4/c1-21-14-10-20-17(21)7-11-22-12-8-18(15-19,9-13-22)16-5-3-2-4-6-16/h2-6,10,14H,7-9,11-13H2,1H3. The van der Waals surface area contributed by atoms with Crippen molar-refractivity contribution in [2.75, 3.05) is 19.6 Å². The molecule has 22 heavy (non-hydrogen) atoms. The highest BCUT2D eigenvalue weighted by Crippen LogP contribution is 2.34. The van der Waals surface area contributed by atoms with Gasteiger partial charge in [0.15, 0.2) is 0 Å². The second kappa shape index (κ2) is 6.33. The predicted molar refractivity (Wildman–Crippen MR) is 86.3 cm³/mol. The van der Waals surface area contributed by atoms with Gasteiger partial charge in [-0.05, 0) is 31.5 Å². The average molecular weight is 294 g/mol. The number of hydrogen-bond donors (Lipinski definition) is 0. The Labute approximate surface area is 132 Å². The summed E-state index contributed by atoms with van der Waals surface area (Å²) in [4.78, 5) is 6.83. The van der Waals surface area contributed by atoms with Gasteiger partial charge < -0.3 is 9.47 Å². The number of piperidine rings is 1. The van der Waals surface area contributed by atoms with E-state index in [1.165, 1.54) is 5.56 Å². The van der Waals surface area contributed by atoms with Gasteiger partial charge in [-0.1, -0.05) is 30.3 Å². The number of rotatable bonds is 4. The number of benzene rings is 1. The zero-order valence-corrected chi connectivity index (χ0v) is 13.1. The summed E-state index contributed by atoms with van der Waals surface area (Å²) in [7, 11) is 2.04. The molecule has 0 N–H and O–H groups in total. The lowest BCUT2D eigenvalue weighted by atomic mass is 9.74. The highest BCUT2D eigenvalue weighted by atomic mass is 15.1. The maximum Gasteiger partial charge on any atom is 0.109 e. The van der Waals surface area contributed by atoms with E-state index in [9.17, 15) is 5.26 Å². The number of nitriles is 1. The number of likely N-dealkylation sites (tertiary alicyclic amines) is 1. The van der Waals surface area contributed by atoms with Gasteiger partial charge in [-0.2, -0.15) is 5.26 Å². The topological polar surface area (TPSA) is 44.9 Å². The summed E-state index contributed by atoms with van der Waals surface area (Å²) in [6, 6.07) is 12.8. The van der Waals surface area contributed by atoms with Crippen LogP contribution in [0.4, 0.5) is 0 Å². The molecule has 0 saturated carbocycles. The molecule has 2 heterocycles. The van der Waals surface area contributed by atoms with Crippen molar-refractivity contribution in [2.24, 2.45) is 7.05 Å². The van der Waals surface area contributed by atoms with Gasteiger partial charge in [-0.15, -0.1) is 0 Å². The zero-order valence-electron chi connectivity index (χ0n) is 13.1. The lowest BCUT2D eigenvalue weighted by Gasteiger charge is -2.37. The molecule has 0 atom stereocenters. The van der Waals surface area contributed by atoms with E-state index < -0.39 is 0 Å². The molecule has 0 bridgehead atoms. The number of aryl methyl sites for hydroxylation is 1. The van der Waals surface area contributed by atoms with Gasteiger partial charge in [-0.25, -0.2) is 4.98 Å². The SMILES string of the molecule is Cn1ccnc1CCN1CCC(C#N)(c2ccccc2)CC1. The molecule has 0 unspecified atom stereocenters. The van der Waals surface area contributed by atoms with Gasteiger partial charge >= 0.3 is 0 Å². The highest BCUT2D eigenvalue weighted by molar-refractivity contribution is 5.33. The molecule has 4 nitrogen and oxygen atoms in total. The molecule has 4 heteroatoms. The first kappa shape index (κ1) is 14.8. The molecule has 114 valence electrons. The zero-order chi connectivity index (χ0) is 15.4. The number of imidazole rings is 1. The van der Waals surface area contributed by atoms with Crippen LogP contribution in [0.15, 0.2) is 42.7 Å². The predicted octanol–water partition coefficient (Wildman–Crippen LogP) is 2.52. The largest absolute Gasteiger partial charge is 0.338 e. The third kappa shape index (κ3) is 2.90. The molecule has 1 aromatic heterocycles. The molecule has 3 rings (SSSR count). The highest BCUT2D eigenvalue weighted by Gasteiger charge is 2.36. The van der Waals surface area contributed by atoms with Gasteiger partial charge in [0.2, 0.25) is 0 Å². The quantitative estimate of drug-likeness (QED) is 0.870. The van der Waals surface area contributed by atoms with Gasteiger partial charge in [0.1, 0.15) is 5.82 Å². The van der Waals surface area contributed by atoms with Gasteiger partial charge in [0, 0.05) is 32.4 Å². The summed E-state index contributed by atoms with van der Waals surface area (Å²) in [6.45, 7) is 2.97. The van der Waals surface area contributed by atoms with Crippen LogP contribution < -0.4 is 0 Å². The molecule has 1 aliphatic rings. The molecular weight excluding hydrogens is 272 g/mol. The third-order valence-electron chi connectivity index (χ3n) is 4.82. The fourth-order valence-electron chi connectivity index (χ4n) is 3.28. The molecule has 1 saturated heterocycles. The van der Waals surface area contributed by atoms with Crippen LogP contribution in [0.2, 0.25) is 0 Å². The van der Waals surface area contributed by atoms with Crippen molar-refractivity contribution >= 4 is 0 Å². The van der Waals surface area contributed by atoms with E-state index in [2.05, 4.69) is 32.7 Å². The Bertz CT molecular complexity index is 645. The summed E-state index contributed by atoms with van der Waals surface area (Å²) >= 11 is 0. The molecular formula is C18H22N4. The van der Waals surface area contributed by atoms with Crippen LogP contribution in [0.3, 0.4) is 0 Å². The smallest absolute Gasteiger partial charge is 0.109 e. The number of aromatic nitrogens is 2. The Kier molecular flexibility index (Phi) is 4.26. The Morgan fingerprint density at radius 3 is 2.55 bits per heavy atom. The van der Waals surface area contributed by atoms with E-state index in [0.717, 1.165) is 44.7 Å². The normalized spacial score (nSPS) is 18.0. The van der Waals surface area contributed by atoms with Crippen molar-refractivity contribution in [3.63, 3.8) is 0 Å². The number of hydrogen-bond acceptors (Lipinski definition) is 3. The second-order valence-corrected chi connectivity index (χ2v) is 6.11. The van der Waals surface area contributed by atoms with E-state index >= 15 is 0 Å². The van der Waals surface area contributed by atoms with E-state index in [1.54, 1.807) is 0 Å². The molecule has 2 aromatic rings. The fourth-order valence-corrected chi connectivity index (χ4v) is 3.28. The average Bonchev–Trinajstić information content (AvgIpc) is 2.99. The summed E-state index contributed by atoms with van der Waals surface area (Å²) < 4.78 is 2.08. The second-order valence-electron chi connectivity index (χ2n) is 6.11. The van der Waals surface area contributed by atoms with Crippen molar-refractivity contribution in [2.45, 2.75) is 24.7 Å². The van der Waals surface area contributed by atoms with Crippen molar-refractivity contribution in [1.29, 1.82) is 5.26 Å². The molecule has 0 spiro atoms. The lowest BCUT2D eigenvalue weighted by molar-refractivity contribution is 0.187. The lowest BCUT2D eigenvalue weighted by Crippen LogP contribution is -2.42. The summed E-state index contributed by atoms with van der Waals surface area (Å²) in [5, 5.41) is 9.72. The van der Waals surface area contributed by atoms with E-state index in [-0.39, 0.29) is 5.41 Å². The van der Waals surface area contributed by atoms with Crippen LogP contribution in [0.25, 0.3) is 0 Å². The fraction of sp³-hybridized carbons (Fsp3) is 0.444. The minimum Gasteiger partial charge on any atom is -0.338 e. The monoisotopic (exact) mass is 294 g/mol. The summed E-state index contributed by atoms with van der Waals surface area (Å²) in [5.41, 5.74) is 0.863. The van der Waals surface area contributed by atoms with Crippen LogP contribution in [-0.2, 0) is 18.9 Å². The van der Waals surface area contributed by atoms with Crippen LogP contribution >= 0.6 is 0 Å². The van der Waals surface area contributed by atoms with Crippen molar-refractivity contribution in [3.8, 4) is 6.07 Å². The van der Waals surface area contributed by atoms with E-state index in [1.807, 2.05) is 37.6 Å². The van der Waals surface area contributed by atoms with Crippen LogP contribution in [-0.4, -0.2) is 34.1 Å².